The van der Waals surface area contributed by atoms with Gasteiger partial charge in [0.1, 0.15) is 12.2 Å². The maximum Gasteiger partial charge on any atom is 0.113 e. The van der Waals surface area contributed by atoms with Gasteiger partial charge in [0.2, 0.25) is 0 Å². The van der Waals surface area contributed by atoms with Gasteiger partial charge in [-0.05, 0) is 127 Å². The lowest BCUT2D eigenvalue weighted by atomic mass is 9.71. The first-order chi connectivity index (χ1) is 31.2. The highest BCUT2D eigenvalue weighted by molar-refractivity contribution is 5.15. The van der Waals surface area contributed by atoms with Crippen LogP contribution in [0.4, 0.5) is 0 Å². The van der Waals surface area contributed by atoms with Gasteiger partial charge in [0.15, 0.2) is 0 Å². The summed E-state index contributed by atoms with van der Waals surface area (Å²) in [6.45, 7) is 18.3. The topological polar surface area (TPSA) is 133 Å². The fourth-order valence-corrected chi connectivity index (χ4v) is 15.6. The van der Waals surface area contributed by atoms with E-state index in [4.69, 9.17) is 18.9 Å². The van der Waals surface area contributed by atoms with Crippen LogP contribution in [0.3, 0.4) is 0 Å². The van der Waals surface area contributed by atoms with Crippen molar-refractivity contribution in [3.05, 3.63) is 0 Å². The van der Waals surface area contributed by atoms with Gasteiger partial charge in [0.25, 0.3) is 0 Å². The lowest BCUT2D eigenvalue weighted by Gasteiger charge is -2.52. The Bertz CT molecular complexity index is 1350. The van der Waals surface area contributed by atoms with E-state index in [1.165, 1.54) is 77.0 Å². The molecular weight excluding hydrogens is 801 g/mol. The second-order valence-electron chi connectivity index (χ2n) is 22.9. The summed E-state index contributed by atoms with van der Waals surface area (Å²) in [6.07, 6.45) is 25.1. The van der Waals surface area contributed by atoms with E-state index in [2.05, 4.69) is 97.9 Å². The van der Waals surface area contributed by atoms with E-state index in [0.717, 1.165) is 51.4 Å². The van der Waals surface area contributed by atoms with Crippen LogP contribution in [0.5, 0.6) is 0 Å². The predicted molar refractivity (Wildman–Crippen MR) is 256 cm³/mol. The Morgan fingerprint density at radius 2 is 0.516 bits per heavy atom. The maximum absolute atomic E-state index is 7.57. The summed E-state index contributed by atoms with van der Waals surface area (Å²) in [5, 5.41) is 34.8. The first-order valence-electron chi connectivity index (χ1n) is 27.9. The molecular formula is C52H96N8O4. The fraction of sp³-hybridized carbons (Fsp3) is 1.00. The highest BCUT2D eigenvalue weighted by Crippen LogP contribution is 2.49. The molecule has 0 aromatic carbocycles. The summed E-state index contributed by atoms with van der Waals surface area (Å²) < 4.78 is 30.0. The number of hydrogen-bond donors (Lipinski definition) is 8. The van der Waals surface area contributed by atoms with E-state index in [0.29, 0.717) is 47.8 Å². The lowest BCUT2D eigenvalue weighted by molar-refractivity contribution is -0.267. The average Bonchev–Trinajstić information content (AvgIpc) is 4.02. The molecule has 368 valence electrons. The first kappa shape index (κ1) is 48.5. The van der Waals surface area contributed by atoms with Crippen LogP contribution in [0.2, 0.25) is 0 Å². The molecule has 4 saturated carbocycles. The minimum absolute atomic E-state index is 0.0172. The Balaban J connectivity index is 1.15. The lowest BCUT2D eigenvalue weighted by Crippen LogP contribution is -2.67. The van der Waals surface area contributed by atoms with Crippen LogP contribution in [0.15, 0.2) is 0 Å². The summed E-state index contributed by atoms with van der Waals surface area (Å²) in [5.74, 6) is 3.81. The van der Waals surface area contributed by atoms with Crippen molar-refractivity contribution in [1.82, 2.24) is 42.5 Å². The highest BCUT2D eigenvalue weighted by atomic mass is 16.6. The van der Waals surface area contributed by atoms with Crippen LogP contribution in [-0.2, 0) is 18.9 Å². The largest absolute Gasteiger partial charge is 0.372 e. The van der Waals surface area contributed by atoms with E-state index in [9.17, 15) is 0 Å². The molecule has 12 heteroatoms. The van der Waals surface area contributed by atoms with E-state index in [1.807, 2.05) is 0 Å². The molecule has 0 amide bonds. The number of fused-ring (bicyclic) bond motifs is 20. The van der Waals surface area contributed by atoms with Crippen LogP contribution >= 0.6 is 0 Å². The molecule has 0 aromatic rings. The monoisotopic (exact) mass is 897 g/mol. The van der Waals surface area contributed by atoms with Gasteiger partial charge in [-0.1, -0.05) is 91.9 Å². The molecule has 8 N–H and O–H groups in total. The smallest absolute Gasteiger partial charge is 0.113 e. The summed E-state index contributed by atoms with van der Waals surface area (Å²) >= 11 is 0. The highest BCUT2D eigenvalue weighted by Gasteiger charge is 2.64. The van der Waals surface area contributed by atoms with Crippen LogP contribution in [-0.4, -0.2) is 98.2 Å². The second kappa shape index (κ2) is 22.1. The number of rotatable bonds is 16. The molecule has 24 atom stereocenters. The van der Waals surface area contributed by atoms with Gasteiger partial charge in [-0.15, -0.1) is 0 Å². The number of hydrogen-bond acceptors (Lipinski definition) is 12. The molecule has 9 aliphatic rings. The third kappa shape index (κ3) is 10.2. The average molecular weight is 897 g/mol. The van der Waals surface area contributed by atoms with Crippen molar-refractivity contribution in [1.29, 1.82) is 0 Å². The molecule has 24 unspecified atom stereocenters. The zero-order valence-corrected chi connectivity index (χ0v) is 41.6. The number of ether oxygens (including phenoxy) is 4. The summed E-state index contributed by atoms with van der Waals surface area (Å²) in [5.41, 5.74) is 0. The van der Waals surface area contributed by atoms with Crippen molar-refractivity contribution < 1.29 is 18.9 Å². The molecule has 0 aromatic heterocycles. The van der Waals surface area contributed by atoms with Crippen molar-refractivity contribution in [3.63, 3.8) is 0 Å². The quantitative estimate of drug-likeness (QED) is 0.0789. The molecule has 12 nitrogen and oxygen atoms in total. The molecule has 4 aliphatic carbocycles. The van der Waals surface area contributed by atoms with Crippen LogP contribution < -0.4 is 42.5 Å². The molecule has 9 fully saturated rings. The van der Waals surface area contributed by atoms with E-state index < -0.39 is 0 Å². The fourth-order valence-electron chi connectivity index (χ4n) is 15.6. The zero-order valence-electron chi connectivity index (χ0n) is 41.6. The molecule has 0 radical (unpaired) electrons. The predicted octanol–water partition coefficient (Wildman–Crippen LogP) is 7.34. The van der Waals surface area contributed by atoms with Gasteiger partial charge in [-0.25, -0.2) is 0 Å². The molecule has 5 heterocycles. The maximum atomic E-state index is 7.57. The third-order valence-corrected chi connectivity index (χ3v) is 18.3. The Hall–Kier alpha value is -0.480. The number of nitrogens with one attached hydrogen (secondary N) is 8. The van der Waals surface area contributed by atoms with E-state index in [1.54, 1.807) is 0 Å². The Morgan fingerprint density at radius 1 is 0.312 bits per heavy atom. The van der Waals surface area contributed by atoms with Gasteiger partial charge in [-0.2, -0.15) is 0 Å². The standard InChI is InChI=1S/C52H96N8O4/c1-9-19-29(5)61-41-39-40(42(62-30(6)20-10-2)44(64-32(8)22-12-4)43(41)63-31(7)21-11-3)52-59-50-38-28-18-16-26-36(38)48(57-50)55-46-34-24-14-13-23-33(34)45(53-46)54-47-35-25-15-17-27-37(35)49(56-47)58-51(39)60-52/h29-60H,9-28H2,1-8H3. The van der Waals surface area contributed by atoms with Gasteiger partial charge < -0.3 is 18.9 Å². The van der Waals surface area contributed by atoms with Crippen LogP contribution in [0.25, 0.3) is 0 Å². The van der Waals surface area contributed by atoms with Gasteiger partial charge in [0.05, 0.1) is 86.0 Å². The van der Waals surface area contributed by atoms with Crippen LogP contribution in [0, 0.1) is 47.3 Å². The molecule has 5 saturated heterocycles. The Labute approximate surface area is 389 Å². The minimum atomic E-state index is -0.265. The van der Waals surface area contributed by atoms with Gasteiger partial charge in [0, 0.05) is 11.8 Å². The zero-order chi connectivity index (χ0) is 44.5. The molecule has 0 spiro atoms. The Kier molecular flexibility index (Phi) is 16.7. The first-order valence-corrected chi connectivity index (χ1v) is 27.9. The van der Waals surface area contributed by atoms with Crippen molar-refractivity contribution >= 4 is 0 Å². The second-order valence-corrected chi connectivity index (χ2v) is 22.9. The molecule has 8 bridgehead atoms. The molecule has 64 heavy (non-hydrogen) atoms. The summed E-state index contributed by atoms with van der Waals surface area (Å²) in [6, 6.07) is 0. The summed E-state index contributed by atoms with van der Waals surface area (Å²) in [7, 11) is 0. The van der Waals surface area contributed by atoms with E-state index >= 15 is 0 Å². The van der Waals surface area contributed by atoms with Crippen molar-refractivity contribution in [2.24, 2.45) is 47.3 Å². The third-order valence-electron chi connectivity index (χ3n) is 18.3. The normalized spacial score (nSPS) is 47.2. The SMILES string of the molecule is CCCC(C)OC1C(OC(C)CCC)C(OC(C)CCC)C2C3NC4NC(NC5NC(NC6NC(NC(N3)C2C1OC(C)CCC)C1CCCCC61)C1CCCCC51)C1CCCCC41. The van der Waals surface area contributed by atoms with Crippen molar-refractivity contribution in [3.8, 4) is 0 Å². The molecule has 5 aliphatic heterocycles. The minimum Gasteiger partial charge on any atom is -0.372 e. The Morgan fingerprint density at radius 3 is 0.750 bits per heavy atom. The van der Waals surface area contributed by atoms with Crippen LogP contribution in [0.1, 0.15) is 184 Å². The summed E-state index contributed by atoms with van der Waals surface area (Å²) in [4.78, 5) is 0. The van der Waals surface area contributed by atoms with Gasteiger partial charge in [-0.3, -0.25) is 42.5 Å². The molecule has 9 rings (SSSR count). The van der Waals surface area contributed by atoms with Crippen molar-refractivity contribution in [2.45, 2.75) is 282 Å². The van der Waals surface area contributed by atoms with Crippen molar-refractivity contribution in [2.75, 3.05) is 0 Å². The van der Waals surface area contributed by atoms with Gasteiger partial charge >= 0.3 is 0 Å². The van der Waals surface area contributed by atoms with E-state index in [-0.39, 0.29) is 97.7 Å².